The molecule has 0 aromatic carbocycles. The van der Waals surface area contributed by atoms with Gasteiger partial charge >= 0.3 is 11.9 Å². The van der Waals surface area contributed by atoms with E-state index in [0.29, 0.717) is 18.8 Å². The maximum Gasteiger partial charge on any atom is 0.334 e. The van der Waals surface area contributed by atoms with E-state index in [4.69, 9.17) is 9.47 Å². The summed E-state index contributed by atoms with van der Waals surface area (Å²) in [6.07, 6.45) is 5.12. The highest BCUT2D eigenvalue weighted by Gasteiger charge is 2.29. The molecule has 0 aromatic heterocycles. The average Bonchev–Trinajstić information content (AvgIpc) is 2.40. The molecule has 0 radical (unpaired) electrons. The van der Waals surface area contributed by atoms with Gasteiger partial charge in [0.2, 0.25) is 0 Å². The lowest BCUT2D eigenvalue weighted by Crippen LogP contribution is -2.25. The second kappa shape index (κ2) is 7.97. The molecule has 0 spiro atoms. The number of esters is 2. The van der Waals surface area contributed by atoms with Crippen molar-refractivity contribution in [3.8, 4) is 0 Å². The standard InChI is InChI=1S/C15H24O4/c1-4-18-14(16)11(3)13(15(17)19-5-2)12-9-7-6-8-10-12/h11H,4-10H2,1-3H3. The minimum Gasteiger partial charge on any atom is -0.466 e. The van der Waals surface area contributed by atoms with Crippen LogP contribution in [0.1, 0.15) is 52.9 Å². The molecule has 1 saturated carbocycles. The van der Waals surface area contributed by atoms with E-state index in [2.05, 4.69) is 0 Å². The summed E-state index contributed by atoms with van der Waals surface area (Å²) < 4.78 is 10.1. The Morgan fingerprint density at radius 1 is 1.05 bits per heavy atom. The van der Waals surface area contributed by atoms with Crippen LogP contribution in [0, 0.1) is 5.92 Å². The van der Waals surface area contributed by atoms with E-state index in [9.17, 15) is 9.59 Å². The van der Waals surface area contributed by atoms with Gasteiger partial charge in [-0.1, -0.05) is 12.0 Å². The summed E-state index contributed by atoms with van der Waals surface area (Å²) in [6.45, 7) is 5.92. The number of ether oxygens (including phenoxy) is 2. The van der Waals surface area contributed by atoms with Gasteiger partial charge in [-0.25, -0.2) is 4.79 Å². The van der Waals surface area contributed by atoms with Gasteiger partial charge in [0.05, 0.1) is 24.7 Å². The quantitative estimate of drug-likeness (QED) is 0.568. The number of hydrogen-bond donors (Lipinski definition) is 0. The van der Waals surface area contributed by atoms with Crippen LogP contribution in [0.5, 0.6) is 0 Å². The van der Waals surface area contributed by atoms with Crippen LogP contribution in [-0.4, -0.2) is 25.2 Å². The molecular weight excluding hydrogens is 244 g/mol. The number of carbonyl (C=O) groups is 2. The molecular formula is C15H24O4. The predicted octanol–water partition coefficient (Wildman–Crippen LogP) is 3.01. The normalized spacial score (nSPS) is 16.7. The highest BCUT2D eigenvalue weighted by Crippen LogP contribution is 2.30. The fourth-order valence-corrected chi connectivity index (χ4v) is 2.47. The Bertz CT molecular complexity index is 349. The van der Waals surface area contributed by atoms with Crippen LogP contribution >= 0.6 is 0 Å². The van der Waals surface area contributed by atoms with Crippen molar-refractivity contribution < 1.29 is 19.1 Å². The Kier molecular flexibility index (Phi) is 6.60. The van der Waals surface area contributed by atoms with Crippen molar-refractivity contribution in [2.45, 2.75) is 52.9 Å². The summed E-state index contributed by atoms with van der Waals surface area (Å²) in [5.74, 6) is -1.24. The summed E-state index contributed by atoms with van der Waals surface area (Å²) in [7, 11) is 0. The van der Waals surface area contributed by atoms with E-state index in [1.165, 1.54) is 6.42 Å². The van der Waals surface area contributed by atoms with Crippen LogP contribution < -0.4 is 0 Å². The van der Waals surface area contributed by atoms with Gasteiger partial charge in [0.15, 0.2) is 0 Å². The first-order chi connectivity index (χ1) is 9.11. The molecule has 1 rings (SSSR count). The first kappa shape index (κ1) is 15.7. The fourth-order valence-electron chi connectivity index (χ4n) is 2.47. The minimum absolute atomic E-state index is 0.325. The minimum atomic E-state index is -0.535. The zero-order chi connectivity index (χ0) is 14.3. The third kappa shape index (κ3) is 4.37. The van der Waals surface area contributed by atoms with Gasteiger partial charge in [0, 0.05) is 0 Å². The summed E-state index contributed by atoms with van der Waals surface area (Å²) in [5, 5.41) is 0. The predicted molar refractivity (Wildman–Crippen MR) is 72.5 cm³/mol. The third-order valence-corrected chi connectivity index (χ3v) is 3.41. The van der Waals surface area contributed by atoms with Crippen molar-refractivity contribution in [2.24, 2.45) is 5.92 Å². The second-order valence-electron chi connectivity index (χ2n) is 4.77. The Labute approximate surface area is 115 Å². The van der Waals surface area contributed by atoms with Crippen LogP contribution in [-0.2, 0) is 19.1 Å². The summed E-state index contributed by atoms with van der Waals surface area (Å²) in [6, 6.07) is 0. The SMILES string of the molecule is CCOC(=O)C(=C1CCCCC1)C(C)C(=O)OCC. The number of hydrogen-bond acceptors (Lipinski definition) is 4. The highest BCUT2D eigenvalue weighted by molar-refractivity contribution is 5.96. The van der Waals surface area contributed by atoms with Crippen LogP contribution in [0.2, 0.25) is 0 Å². The van der Waals surface area contributed by atoms with Gasteiger partial charge < -0.3 is 9.47 Å². The first-order valence-electron chi connectivity index (χ1n) is 7.17. The largest absolute Gasteiger partial charge is 0.466 e. The molecule has 1 fully saturated rings. The maximum absolute atomic E-state index is 12.1. The zero-order valence-corrected chi connectivity index (χ0v) is 12.2. The molecule has 108 valence electrons. The monoisotopic (exact) mass is 268 g/mol. The van der Waals surface area contributed by atoms with Crippen molar-refractivity contribution in [3.05, 3.63) is 11.1 Å². The van der Waals surface area contributed by atoms with Gasteiger partial charge in [-0.15, -0.1) is 0 Å². The van der Waals surface area contributed by atoms with Crippen molar-refractivity contribution in [1.82, 2.24) is 0 Å². The summed E-state index contributed by atoms with van der Waals surface area (Å²) in [5.41, 5.74) is 1.60. The van der Waals surface area contributed by atoms with Crippen LogP contribution in [0.4, 0.5) is 0 Å². The van der Waals surface area contributed by atoms with Gasteiger partial charge in [-0.05, 0) is 46.5 Å². The van der Waals surface area contributed by atoms with Crippen LogP contribution in [0.15, 0.2) is 11.1 Å². The molecule has 0 aliphatic heterocycles. The topological polar surface area (TPSA) is 52.6 Å². The Balaban J connectivity index is 2.97. The lowest BCUT2D eigenvalue weighted by molar-refractivity contribution is -0.149. The van der Waals surface area contributed by atoms with Crippen molar-refractivity contribution in [2.75, 3.05) is 13.2 Å². The van der Waals surface area contributed by atoms with Gasteiger partial charge in [0.1, 0.15) is 0 Å². The highest BCUT2D eigenvalue weighted by atomic mass is 16.5. The zero-order valence-electron chi connectivity index (χ0n) is 12.2. The Hall–Kier alpha value is -1.32. The molecule has 1 atom stereocenters. The van der Waals surface area contributed by atoms with E-state index < -0.39 is 5.92 Å². The summed E-state index contributed by atoms with van der Waals surface area (Å²) >= 11 is 0. The van der Waals surface area contributed by atoms with Crippen LogP contribution in [0.25, 0.3) is 0 Å². The third-order valence-electron chi connectivity index (χ3n) is 3.41. The molecule has 0 saturated heterocycles. The Morgan fingerprint density at radius 2 is 1.63 bits per heavy atom. The van der Waals surface area contributed by atoms with E-state index >= 15 is 0 Å². The molecule has 0 aromatic rings. The molecule has 4 heteroatoms. The number of carbonyl (C=O) groups excluding carboxylic acids is 2. The van der Waals surface area contributed by atoms with E-state index in [-0.39, 0.29) is 11.9 Å². The maximum atomic E-state index is 12.1. The van der Waals surface area contributed by atoms with Gasteiger partial charge in [-0.2, -0.15) is 0 Å². The van der Waals surface area contributed by atoms with E-state index in [1.807, 2.05) is 0 Å². The van der Waals surface area contributed by atoms with E-state index in [0.717, 1.165) is 31.3 Å². The molecule has 0 amide bonds. The molecule has 0 heterocycles. The van der Waals surface area contributed by atoms with Crippen molar-refractivity contribution >= 4 is 11.9 Å². The smallest absolute Gasteiger partial charge is 0.334 e. The van der Waals surface area contributed by atoms with Crippen molar-refractivity contribution in [3.63, 3.8) is 0 Å². The number of rotatable bonds is 5. The lowest BCUT2D eigenvalue weighted by atomic mass is 9.86. The molecule has 1 aliphatic carbocycles. The van der Waals surface area contributed by atoms with Crippen LogP contribution in [0.3, 0.4) is 0 Å². The molecule has 0 bridgehead atoms. The second-order valence-corrected chi connectivity index (χ2v) is 4.77. The van der Waals surface area contributed by atoms with E-state index in [1.54, 1.807) is 20.8 Å². The fraction of sp³-hybridized carbons (Fsp3) is 0.733. The molecule has 4 nitrogen and oxygen atoms in total. The number of allylic oxidation sites excluding steroid dienone is 1. The molecule has 1 unspecified atom stereocenters. The first-order valence-corrected chi connectivity index (χ1v) is 7.17. The summed E-state index contributed by atoms with van der Waals surface area (Å²) in [4.78, 5) is 24.0. The molecule has 1 aliphatic rings. The van der Waals surface area contributed by atoms with Crippen molar-refractivity contribution in [1.29, 1.82) is 0 Å². The average molecular weight is 268 g/mol. The lowest BCUT2D eigenvalue weighted by Gasteiger charge is -2.21. The molecule has 19 heavy (non-hydrogen) atoms. The van der Waals surface area contributed by atoms with Gasteiger partial charge in [-0.3, -0.25) is 4.79 Å². The molecule has 0 N–H and O–H groups in total. The van der Waals surface area contributed by atoms with Gasteiger partial charge in [0.25, 0.3) is 0 Å². The Morgan fingerprint density at radius 3 is 2.16 bits per heavy atom.